The molecule has 1 aliphatic heterocycles. The highest BCUT2D eigenvalue weighted by atomic mass is 19.4. The molecular formula is C35H36F4N2O5. The van der Waals surface area contributed by atoms with Crippen LogP contribution in [0.15, 0.2) is 54.2 Å². The lowest BCUT2D eigenvalue weighted by Crippen LogP contribution is -2.35. The summed E-state index contributed by atoms with van der Waals surface area (Å²) in [6.07, 6.45) is -2.41. The zero-order chi connectivity index (χ0) is 33.6. The van der Waals surface area contributed by atoms with Crippen LogP contribution in [-0.4, -0.2) is 48.8 Å². The maximum absolute atomic E-state index is 15.2. The Bertz CT molecular complexity index is 1720. The summed E-state index contributed by atoms with van der Waals surface area (Å²) >= 11 is 0. The maximum Gasteiger partial charge on any atom is 0.416 e. The average molecular weight is 641 g/mol. The van der Waals surface area contributed by atoms with E-state index in [1.807, 2.05) is 0 Å². The number of benzene rings is 2. The molecule has 7 nitrogen and oxygen atoms in total. The Morgan fingerprint density at radius 2 is 1.85 bits per heavy atom. The fraction of sp³-hybridized carbons (Fsp3) is 0.400. The normalized spacial score (nSPS) is 19.7. The number of aryl methyl sites for hydroxylation is 1. The van der Waals surface area contributed by atoms with Gasteiger partial charge in [0.1, 0.15) is 17.7 Å². The summed E-state index contributed by atoms with van der Waals surface area (Å²) in [7, 11) is 2.73. The largest absolute Gasteiger partial charge is 0.495 e. The molecule has 2 heterocycles. The maximum atomic E-state index is 15.2. The van der Waals surface area contributed by atoms with Gasteiger partial charge in [-0.3, -0.25) is 9.88 Å². The van der Waals surface area contributed by atoms with Crippen molar-refractivity contribution in [2.45, 2.75) is 65.3 Å². The van der Waals surface area contributed by atoms with Crippen molar-refractivity contribution in [1.82, 2.24) is 9.88 Å². The van der Waals surface area contributed by atoms with E-state index >= 15 is 4.39 Å². The van der Waals surface area contributed by atoms with Gasteiger partial charge in [-0.2, -0.15) is 13.2 Å². The first-order valence-corrected chi connectivity index (χ1v) is 14.9. The van der Waals surface area contributed by atoms with E-state index in [4.69, 9.17) is 14.2 Å². The number of rotatable bonds is 7. The molecule has 0 N–H and O–H groups in total. The highest BCUT2D eigenvalue weighted by Crippen LogP contribution is 2.46. The number of ether oxygens (including phenoxy) is 3. The summed E-state index contributed by atoms with van der Waals surface area (Å²) < 4.78 is 72.0. The van der Waals surface area contributed by atoms with Gasteiger partial charge in [0.15, 0.2) is 0 Å². The number of allylic oxidation sites excluding steroid dienone is 1. The number of carbonyl (C=O) groups excluding carboxylic acids is 2. The van der Waals surface area contributed by atoms with Crippen LogP contribution in [0.5, 0.6) is 5.75 Å². The first-order valence-electron chi connectivity index (χ1n) is 14.9. The monoisotopic (exact) mass is 640 g/mol. The molecule has 2 atom stereocenters. The van der Waals surface area contributed by atoms with Gasteiger partial charge >= 0.3 is 18.2 Å². The average Bonchev–Trinajstić information content (AvgIpc) is 3.27. The topological polar surface area (TPSA) is 78.0 Å². The second-order valence-electron chi connectivity index (χ2n) is 12.7. The first-order chi connectivity index (χ1) is 21.6. The van der Waals surface area contributed by atoms with Crippen LogP contribution in [0.2, 0.25) is 0 Å². The molecule has 244 valence electrons. The van der Waals surface area contributed by atoms with Gasteiger partial charge in [0.05, 0.1) is 43.3 Å². The Morgan fingerprint density at radius 1 is 1.11 bits per heavy atom. The Labute approximate surface area is 265 Å². The molecule has 1 fully saturated rings. The van der Waals surface area contributed by atoms with E-state index < -0.39 is 41.8 Å². The molecule has 1 saturated heterocycles. The molecule has 1 aromatic heterocycles. The van der Waals surface area contributed by atoms with Gasteiger partial charge in [-0.05, 0) is 91.6 Å². The van der Waals surface area contributed by atoms with Crippen LogP contribution in [0.1, 0.15) is 78.7 Å². The second-order valence-corrected chi connectivity index (χ2v) is 12.7. The van der Waals surface area contributed by atoms with Gasteiger partial charge in [0.25, 0.3) is 0 Å². The standard InChI is InChI=1S/C35H36F4N2O5/c1-19-11-22(13-24(12-19)35(37,38)39)31-20(2)41(33(43)46-31)18-23-16-34(3,4)10-9-25(23)27-15-29(40-17-30(27)44-5)26-8-7-21(14-28(26)36)32(42)45-6/h7-8,11-15,17,20,31H,9-10,16,18H2,1-6H3/t20-,31-/m0/s1. The van der Waals surface area contributed by atoms with E-state index in [1.54, 1.807) is 30.9 Å². The van der Waals surface area contributed by atoms with Gasteiger partial charge in [-0.15, -0.1) is 0 Å². The molecule has 3 aromatic rings. The number of halogens is 4. The van der Waals surface area contributed by atoms with Crippen LogP contribution in [0.3, 0.4) is 0 Å². The van der Waals surface area contributed by atoms with Gasteiger partial charge in [0.2, 0.25) is 0 Å². The van der Waals surface area contributed by atoms with Gasteiger partial charge in [0, 0.05) is 17.7 Å². The van der Waals surface area contributed by atoms with Crippen molar-refractivity contribution in [1.29, 1.82) is 0 Å². The molecule has 2 aromatic carbocycles. The number of hydrogen-bond donors (Lipinski definition) is 0. The number of carbonyl (C=O) groups is 2. The van der Waals surface area contributed by atoms with Crippen LogP contribution in [0.4, 0.5) is 22.4 Å². The van der Waals surface area contributed by atoms with Gasteiger partial charge in [-0.1, -0.05) is 25.5 Å². The molecule has 1 amide bonds. The van der Waals surface area contributed by atoms with E-state index in [2.05, 4.69) is 18.8 Å². The number of esters is 1. The highest BCUT2D eigenvalue weighted by molar-refractivity contribution is 5.90. The summed E-state index contributed by atoms with van der Waals surface area (Å²) in [6, 6.07) is 8.95. The third-order valence-electron chi connectivity index (χ3n) is 8.76. The van der Waals surface area contributed by atoms with Crippen molar-refractivity contribution in [3.05, 3.63) is 87.9 Å². The number of amides is 1. The molecule has 0 saturated carbocycles. The smallest absolute Gasteiger partial charge is 0.416 e. The molecule has 1 aliphatic carbocycles. The van der Waals surface area contributed by atoms with Crippen molar-refractivity contribution in [2.24, 2.45) is 5.41 Å². The Hall–Kier alpha value is -4.41. The molecule has 46 heavy (non-hydrogen) atoms. The fourth-order valence-electron chi connectivity index (χ4n) is 6.35. The molecule has 0 unspecified atom stereocenters. The molecule has 2 aliphatic rings. The third kappa shape index (κ3) is 6.59. The third-order valence-corrected chi connectivity index (χ3v) is 8.76. The number of nitrogens with zero attached hydrogens (tertiary/aromatic N) is 2. The Balaban J connectivity index is 1.53. The SMILES string of the molecule is COC(=O)c1ccc(-c2cc(C3=C(CN4C(=O)O[C@H](c5cc(C)cc(C(F)(F)F)c5)[C@@H]4C)CC(C)(C)CC3)c(OC)cn2)c(F)c1. The number of methoxy groups -OCH3 is 2. The summed E-state index contributed by atoms with van der Waals surface area (Å²) in [6.45, 7) is 7.81. The molecule has 0 spiro atoms. The van der Waals surface area contributed by atoms with Crippen LogP contribution >= 0.6 is 0 Å². The quantitative estimate of drug-likeness (QED) is 0.190. The highest BCUT2D eigenvalue weighted by Gasteiger charge is 2.42. The number of aromatic nitrogens is 1. The lowest BCUT2D eigenvalue weighted by atomic mass is 9.72. The van der Waals surface area contributed by atoms with E-state index in [0.717, 1.165) is 35.8 Å². The summed E-state index contributed by atoms with van der Waals surface area (Å²) in [5.41, 5.74) is 2.96. The fourth-order valence-corrected chi connectivity index (χ4v) is 6.35. The number of alkyl halides is 3. The lowest BCUT2D eigenvalue weighted by Gasteiger charge is -2.36. The first kappa shape index (κ1) is 33.0. The van der Waals surface area contributed by atoms with E-state index in [-0.39, 0.29) is 28.7 Å². The molecule has 5 rings (SSSR count). The minimum atomic E-state index is -4.53. The molecule has 0 bridgehead atoms. The zero-order valence-electron chi connectivity index (χ0n) is 26.5. The minimum absolute atomic E-state index is 0.0715. The van der Waals surface area contributed by atoms with Crippen LogP contribution in [0.25, 0.3) is 16.8 Å². The predicted molar refractivity (Wildman–Crippen MR) is 164 cm³/mol. The number of cyclic esters (lactones) is 1. The Kier molecular flexibility index (Phi) is 8.90. The summed E-state index contributed by atoms with van der Waals surface area (Å²) in [5.74, 6) is -0.833. The Morgan fingerprint density at radius 3 is 2.50 bits per heavy atom. The number of hydrogen-bond acceptors (Lipinski definition) is 6. The molecule has 11 heteroatoms. The van der Waals surface area contributed by atoms with Crippen LogP contribution < -0.4 is 4.74 Å². The molecular weight excluding hydrogens is 604 g/mol. The van der Waals surface area contributed by atoms with Crippen molar-refractivity contribution < 1.29 is 41.4 Å². The predicted octanol–water partition coefficient (Wildman–Crippen LogP) is 8.56. The van der Waals surface area contributed by atoms with Crippen molar-refractivity contribution in [3.63, 3.8) is 0 Å². The van der Waals surface area contributed by atoms with Gasteiger partial charge < -0.3 is 14.2 Å². The van der Waals surface area contributed by atoms with Crippen LogP contribution in [0, 0.1) is 18.2 Å². The van der Waals surface area contributed by atoms with Gasteiger partial charge in [-0.25, -0.2) is 14.0 Å². The molecule has 0 radical (unpaired) electrons. The lowest BCUT2D eigenvalue weighted by molar-refractivity contribution is -0.137. The van der Waals surface area contributed by atoms with E-state index in [9.17, 15) is 22.8 Å². The summed E-state index contributed by atoms with van der Waals surface area (Å²) in [4.78, 5) is 31.1. The van der Waals surface area contributed by atoms with Crippen molar-refractivity contribution in [3.8, 4) is 17.0 Å². The van der Waals surface area contributed by atoms with Crippen molar-refractivity contribution >= 4 is 17.6 Å². The minimum Gasteiger partial charge on any atom is -0.495 e. The van der Waals surface area contributed by atoms with E-state index in [1.165, 1.54) is 32.5 Å². The number of pyridine rings is 1. The second kappa shape index (κ2) is 12.4. The zero-order valence-corrected chi connectivity index (χ0v) is 26.5. The van der Waals surface area contributed by atoms with Crippen LogP contribution in [-0.2, 0) is 15.7 Å². The van der Waals surface area contributed by atoms with E-state index in [0.29, 0.717) is 35.4 Å². The summed E-state index contributed by atoms with van der Waals surface area (Å²) in [5, 5.41) is 0. The van der Waals surface area contributed by atoms with Crippen molar-refractivity contribution in [2.75, 3.05) is 20.8 Å².